The molecule has 1 aromatic rings. The van der Waals surface area contributed by atoms with Crippen molar-refractivity contribution in [3.05, 3.63) is 29.8 Å². The highest BCUT2D eigenvalue weighted by Gasteiger charge is 2.14. The van der Waals surface area contributed by atoms with Crippen molar-refractivity contribution in [2.24, 2.45) is 5.16 Å². The second kappa shape index (κ2) is 3.47. The summed E-state index contributed by atoms with van der Waals surface area (Å²) in [6.07, 6.45) is 0.823. The van der Waals surface area contributed by atoms with Crippen LogP contribution in [0.5, 0.6) is 5.75 Å². The molecule has 68 valence electrons. The smallest absolute Gasteiger partial charge is 0.130 e. The maximum Gasteiger partial charge on any atom is 0.130 e. The van der Waals surface area contributed by atoms with Crippen LogP contribution in [-0.4, -0.2) is 19.4 Å². The van der Waals surface area contributed by atoms with Gasteiger partial charge >= 0.3 is 0 Å². The Hall–Kier alpha value is -1.51. The predicted molar refractivity (Wildman–Crippen MR) is 50.1 cm³/mol. The van der Waals surface area contributed by atoms with Gasteiger partial charge in [0.15, 0.2) is 0 Å². The molecular formula is C10H11NO2. The van der Waals surface area contributed by atoms with Crippen LogP contribution in [0.2, 0.25) is 0 Å². The fraction of sp³-hybridized carbons (Fsp3) is 0.300. The lowest BCUT2D eigenvalue weighted by molar-refractivity contribution is 0.208. The minimum Gasteiger partial charge on any atom is -0.487 e. The van der Waals surface area contributed by atoms with E-state index < -0.39 is 0 Å². The SMILES string of the molecule is CO/N=C1\COc2ccccc2C1. The summed E-state index contributed by atoms with van der Waals surface area (Å²) in [5.74, 6) is 0.956. The topological polar surface area (TPSA) is 30.8 Å². The van der Waals surface area contributed by atoms with Gasteiger partial charge < -0.3 is 9.57 Å². The predicted octanol–water partition coefficient (Wildman–Crippen LogP) is 1.62. The summed E-state index contributed by atoms with van der Waals surface area (Å²) >= 11 is 0. The summed E-state index contributed by atoms with van der Waals surface area (Å²) in [6, 6.07) is 7.98. The van der Waals surface area contributed by atoms with Crippen LogP contribution < -0.4 is 4.74 Å². The molecular weight excluding hydrogens is 166 g/mol. The Balaban J connectivity index is 2.24. The number of para-hydroxylation sites is 1. The number of ether oxygens (including phenoxy) is 1. The molecule has 0 unspecified atom stereocenters. The van der Waals surface area contributed by atoms with Crippen molar-refractivity contribution < 1.29 is 9.57 Å². The average molecular weight is 177 g/mol. The molecule has 13 heavy (non-hydrogen) atoms. The molecule has 0 saturated carbocycles. The molecule has 0 bridgehead atoms. The van der Waals surface area contributed by atoms with Crippen LogP contribution in [0.3, 0.4) is 0 Å². The van der Waals surface area contributed by atoms with Crippen LogP contribution in [0, 0.1) is 0 Å². The lowest BCUT2D eigenvalue weighted by atomic mass is 10.1. The van der Waals surface area contributed by atoms with E-state index in [9.17, 15) is 0 Å². The monoisotopic (exact) mass is 177 g/mol. The molecule has 0 amide bonds. The zero-order valence-corrected chi connectivity index (χ0v) is 7.49. The van der Waals surface area contributed by atoms with Gasteiger partial charge in [0, 0.05) is 12.0 Å². The van der Waals surface area contributed by atoms with E-state index in [1.54, 1.807) is 7.11 Å². The highest BCUT2D eigenvalue weighted by atomic mass is 16.6. The first-order valence-electron chi connectivity index (χ1n) is 4.20. The molecule has 0 radical (unpaired) electrons. The molecule has 0 spiro atoms. The fourth-order valence-corrected chi connectivity index (χ4v) is 1.41. The van der Waals surface area contributed by atoms with E-state index in [1.165, 1.54) is 5.56 Å². The van der Waals surface area contributed by atoms with Crippen molar-refractivity contribution >= 4 is 5.71 Å². The Morgan fingerprint density at radius 3 is 3.08 bits per heavy atom. The summed E-state index contributed by atoms with van der Waals surface area (Å²) in [4.78, 5) is 4.70. The van der Waals surface area contributed by atoms with Gasteiger partial charge in [-0.25, -0.2) is 0 Å². The van der Waals surface area contributed by atoms with Gasteiger partial charge in [-0.15, -0.1) is 0 Å². The average Bonchev–Trinajstić information content (AvgIpc) is 2.18. The second-order valence-electron chi connectivity index (χ2n) is 2.91. The van der Waals surface area contributed by atoms with Crippen LogP contribution in [0.1, 0.15) is 5.56 Å². The van der Waals surface area contributed by atoms with Gasteiger partial charge in [-0.3, -0.25) is 0 Å². The maximum absolute atomic E-state index is 5.48. The minimum atomic E-state index is 0.533. The van der Waals surface area contributed by atoms with Gasteiger partial charge in [-0.1, -0.05) is 23.4 Å². The molecule has 1 aliphatic heterocycles. The van der Waals surface area contributed by atoms with E-state index in [0.29, 0.717) is 6.61 Å². The van der Waals surface area contributed by atoms with Crippen LogP contribution in [0.15, 0.2) is 29.4 Å². The molecule has 1 aromatic carbocycles. The van der Waals surface area contributed by atoms with Gasteiger partial charge in [-0.05, 0) is 6.07 Å². The van der Waals surface area contributed by atoms with Crippen molar-refractivity contribution in [3.63, 3.8) is 0 Å². The lowest BCUT2D eigenvalue weighted by Crippen LogP contribution is -2.20. The number of hydrogen-bond acceptors (Lipinski definition) is 3. The molecule has 3 heteroatoms. The highest BCUT2D eigenvalue weighted by Crippen LogP contribution is 2.22. The van der Waals surface area contributed by atoms with E-state index in [1.807, 2.05) is 24.3 Å². The number of benzene rings is 1. The summed E-state index contributed by atoms with van der Waals surface area (Å²) in [7, 11) is 1.55. The quantitative estimate of drug-likeness (QED) is 0.610. The maximum atomic E-state index is 5.48. The number of hydrogen-bond donors (Lipinski definition) is 0. The Bertz CT molecular complexity index is 333. The van der Waals surface area contributed by atoms with Gasteiger partial charge in [0.1, 0.15) is 19.5 Å². The Kier molecular flexibility index (Phi) is 2.17. The van der Waals surface area contributed by atoms with Gasteiger partial charge in [0.25, 0.3) is 0 Å². The van der Waals surface area contributed by atoms with Crippen molar-refractivity contribution in [3.8, 4) is 5.75 Å². The molecule has 1 aliphatic rings. The molecule has 1 heterocycles. The van der Waals surface area contributed by atoms with E-state index in [2.05, 4.69) is 5.16 Å². The molecule has 3 nitrogen and oxygen atoms in total. The first-order chi connectivity index (χ1) is 6.40. The summed E-state index contributed by atoms with van der Waals surface area (Å²) in [6.45, 7) is 0.533. The molecule has 0 aromatic heterocycles. The van der Waals surface area contributed by atoms with E-state index in [0.717, 1.165) is 17.9 Å². The third kappa shape index (κ3) is 1.64. The van der Waals surface area contributed by atoms with E-state index >= 15 is 0 Å². The molecule has 0 atom stereocenters. The molecule has 0 aliphatic carbocycles. The Morgan fingerprint density at radius 1 is 1.38 bits per heavy atom. The van der Waals surface area contributed by atoms with Gasteiger partial charge in [0.05, 0.1) is 5.71 Å². The molecule has 0 N–H and O–H groups in total. The first kappa shape index (κ1) is 8.10. The minimum absolute atomic E-state index is 0.533. The molecule has 0 fully saturated rings. The van der Waals surface area contributed by atoms with Crippen LogP contribution in [0.25, 0.3) is 0 Å². The zero-order chi connectivity index (χ0) is 9.10. The number of nitrogens with zero attached hydrogens (tertiary/aromatic N) is 1. The first-order valence-corrected chi connectivity index (χ1v) is 4.20. The number of fused-ring (bicyclic) bond motifs is 1. The largest absolute Gasteiger partial charge is 0.487 e. The van der Waals surface area contributed by atoms with Gasteiger partial charge in [0.2, 0.25) is 0 Å². The molecule has 2 rings (SSSR count). The normalized spacial score (nSPS) is 17.8. The van der Waals surface area contributed by atoms with Crippen molar-refractivity contribution in [2.45, 2.75) is 6.42 Å². The Morgan fingerprint density at radius 2 is 2.23 bits per heavy atom. The van der Waals surface area contributed by atoms with Crippen molar-refractivity contribution in [1.29, 1.82) is 0 Å². The lowest BCUT2D eigenvalue weighted by Gasteiger charge is -2.17. The van der Waals surface area contributed by atoms with Crippen LogP contribution in [-0.2, 0) is 11.3 Å². The third-order valence-corrected chi connectivity index (χ3v) is 1.98. The standard InChI is InChI=1S/C10H11NO2/c1-12-11-9-6-8-4-2-3-5-10(8)13-7-9/h2-5H,6-7H2,1H3/b11-9-. The highest BCUT2D eigenvalue weighted by molar-refractivity contribution is 5.89. The Labute approximate surface area is 77.0 Å². The third-order valence-electron chi connectivity index (χ3n) is 1.98. The number of oxime groups is 1. The van der Waals surface area contributed by atoms with E-state index in [-0.39, 0.29) is 0 Å². The second-order valence-corrected chi connectivity index (χ2v) is 2.91. The molecule has 0 saturated heterocycles. The van der Waals surface area contributed by atoms with Crippen LogP contribution >= 0.6 is 0 Å². The van der Waals surface area contributed by atoms with Crippen LogP contribution in [0.4, 0.5) is 0 Å². The van der Waals surface area contributed by atoms with E-state index in [4.69, 9.17) is 9.57 Å². The summed E-state index contributed by atoms with van der Waals surface area (Å²) in [5.41, 5.74) is 2.10. The number of rotatable bonds is 1. The zero-order valence-electron chi connectivity index (χ0n) is 7.49. The fourth-order valence-electron chi connectivity index (χ4n) is 1.41. The van der Waals surface area contributed by atoms with Crippen molar-refractivity contribution in [2.75, 3.05) is 13.7 Å². The van der Waals surface area contributed by atoms with Gasteiger partial charge in [-0.2, -0.15) is 0 Å². The summed E-state index contributed by atoms with van der Waals surface area (Å²) < 4.78 is 5.48. The summed E-state index contributed by atoms with van der Waals surface area (Å²) in [5, 5.41) is 3.87. The van der Waals surface area contributed by atoms with Crippen molar-refractivity contribution in [1.82, 2.24) is 0 Å².